The fourth-order valence-corrected chi connectivity index (χ4v) is 3.97. The van der Waals surface area contributed by atoms with Crippen LogP contribution >= 0.6 is 0 Å². The van der Waals surface area contributed by atoms with E-state index < -0.39 is 0 Å². The third-order valence-electron chi connectivity index (χ3n) is 5.50. The second-order valence-corrected chi connectivity index (χ2v) is 7.50. The molecule has 1 saturated heterocycles. The van der Waals surface area contributed by atoms with Crippen LogP contribution in [0.4, 0.5) is 0 Å². The van der Waals surface area contributed by atoms with Gasteiger partial charge in [-0.15, -0.1) is 0 Å². The van der Waals surface area contributed by atoms with Crippen LogP contribution in [0.3, 0.4) is 0 Å². The molecule has 2 aromatic heterocycles. The highest BCUT2D eigenvalue weighted by Gasteiger charge is 2.32. The van der Waals surface area contributed by atoms with Gasteiger partial charge in [0.05, 0.1) is 12.2 Å². The van der Waals surface area contributed by atoms with Crippen molar-refractivity contribution in [3.8, 4) is 11.3 Å². The predicted molar refractivity (Wildman–Crippen MR) is 98.4 cm³/mol. The topological polar surface area (TPSA) is 68.1 Å². The highest BCUT2D eigenvalue weighted by molar-refractivity contribution is 5.77. The number of aromatic nitrogens is 3. The minimum Gasteiger partial charge on any atom is -0.342 e. The average Bonchev–Trinajstić information content (AvgIpc) is 3.12. The van der Waals surface area contributed by atoms with Crippen LogP contribution in [0.1, 0.15) is 32.1 Å². The highest BCUT2D eigenvalue weighted by Crippen LogP contribution is 2.29. The summed E-state index contributed by atoms with van der Waals surface area (Å²) in [6, 6.07) is 7.06. The van der Waals surface area contributed by atoms with E-state index in [4.69, 9.17) is 0 Å². The molecule has 3 heterocycles. The van der Waals surface area contributed by atoms with E-state index in [0.717, 1.165) is 24.3 Å². The Kier molecular flexibility index (Phi) is 4.82. The van der Waals surface area contributed by atoms with Gasteiger partial charge < -0.3 is 4.90 Å². The quantitative estimate of drug-likeness (QED) is 0.828. The Hall–Kier alpha value is -2.50. The number of carbonyl (C=O) groups excluding carboxylic acids is 1. The van der Waals surface area contributed by atoms with Crippen LogP contribution in [0, 0.1) is 11.8 Å². The lowest BCUT2D eigenvalue weighted by molar-refractivity contribution is -0.138. The molecule has 6 heteroatoms. The van der Waals surface area contributed by atoms with E-state index in [9.17, 15) is 9.59 Å². The Bertz CT molecular complexity index is 821. The van der Waals surface area contributed by atoms with Crippen LogP contribution in [0.2, 0.25) is 0 Å². The smallest absolute Gasteiger partial charge is 0.266 e. The molecular weight excluding hydrogens is 328 g/mol. The van der Waals surface area contributed by atoms with Crippen molar-refractivity contribution < 1.29 is 4.79 Å². The molecule has 2 aromatic rings. The number of nitrogens with zero attached hydrogens (tertiary/aromatic N) is 4. The van der Waals surface area contributed by atoms with Crippen molar-refractivity contribution in [2.45, 2.75) is 38.6 Å². The first kappa shape index (κ1) is 16.9. The molecule has 26 heavy (non-hydrogen) atoms. The zero-order chi connectivity index (χ0) is 17.9. The Balaban J connectivity index is 1.35. The van der Waals surface area contributed by atoms with Gasteiger partial charge >= 0.3 is 0 Å². The van der Waals surface area contributed by atoms with Crippen LogP contribution in [0.15, 0.2) is 41.5 Å². The molecule has 0 aromatic carbocycles. The first-order chi connectivity index (χ1) is 12.7. The SMILES string of the molecule is O=C(CC1CCCC1)N1CC(Cn2nc(-c3cccnc3)ccc2=O)C1. The lowest BCUT2D eigenvalue weighted by Crippen LogP contribution is -2.52. The number of carbonyl (C=O) groups is 1. The van der Waals surface area contributed by atoms with Crippen molar-refractivity contribution in [1.82, 2.24) is 19.7 Å². The summed E-state index contributed by atoms with van der Waals surface area (Å²) in [7, 11) is 0. The summed E-state index contributed by atoms with van der Waals surface area (Å²) < 4.78 is 1.52. The van der Waals surface area contributed by atoms with Crippen molar-refractivity contribution >= 4 is 5.91 Å². The van der Waals surface area contributed by atoms with Gasteiger partial charge in [0.25, 0.3) is 5.56 Å². The minimum absolute atomic E-state index is 0.103. The average molecular weight is 352 g/mol. The van der Waals surface area contributed by atoms with Crippen molar-refractivity contribution in [3.05, 3.63) is 47.0 Å². The molecule has 0 N–H and O–H groups in total. The van der Waals surface area contributed by atoms with Crippen molar-refractivity contribution in [2.75, 3.05) is 13.1 Å². The molecule has 1 saturated carbocycles. The van der Waals surface area contributed by atoms with Gasteiger partial charge in [-0.1, -0.05) is 12.8 Å². The van der Waals surface area contributed by atoms with Gasteiger partial charge in [-0.3, -0.25) is 14.6 Å². The van der Waals surface area contributed by atoms with Gasteiger partial charge in [0.15, 0.2) is 0 Å². The zero-order valence-corrected chi connectivity index (χ0v) is 14.9. The van der Waals surface area contributed by atoms with Crippen LogP contribution in [-0.4, -0.2) is 38.7 Å². The van der Waals surface area contributed by atoms with Crippen LogP contribution in [0.25, 0.3) is 11.3 Å². The molecule has 1 aliphatic carbocycles. The summed E-state index contributed by atoms with van der Waals surface area (Å²) in [5.74, 6) is 1.16. The van der Waals surface area contributed by atoms with Gasteiger partial charge in [0.1, 0.15) is 0 Å². The number of hydrogen-bond donors (Lipinski definition) is 0. The summed E-state index contributed by atoms with van der Waals surface area (Å²) in [4.78, 5) is 30.5. The van der Waals surface area contributed by atoms with E-state index in [1.807, 2.05) is 17.0 Å². The summed E-state index contributed by atoms with van der Waals surface area (Å²) in [6.07, 6.45) is 9.08. The Morgan fingerprint density at radius 2 is 1.92 bits per heavy atom. The molecule has 0 radical (unpaired) electrons. The maximum Gasteiger partial charge on any atom is 0.266 e. The fourth-order valence-electron chi connectivity index (χ4n) is 3.97. The van der Waals surface area contributed by atoms with Gasteiger partial charge in [-0.25, -0.2) is 4.68 Å². The predicted octanol–water partition coefficient (Wildman–Crippen LogP) is 2.34. The second-order valence-electron chi connectivity index (χ2n) is 7.50. The van der Waals surface area contributed by atoms with E-state index in [1.54, 1.807) is 24.5 Å². The highest BCUT2D eigenvalue weighted by atomic mass is 16.2. The molecule has 2 fully saturated rings. The third kappa shape index (κ3) is 3.69. The summed E-state index contributed by atoms with van der Waals surface area (Å²) >= 11 is 0. The van der Waals surface area contributed by atoms with Gasteiger partial charge in [-0.2, -0.15) is 5.10 Å². The number of pyridine rings is 1. The summed E-state index contributed by atoms with van der Waals surface area (Å²) in [5.41, 5.74) is 1.53. The molecule has 4 rings (SSSR count). The Morgan fingerprint density at radius 3 is 2.65 bits per heavy atom. The van der Waals surface area contributed by atoms with E-state index in [0.29, 0.717) is 24.8 Å². The molecule has 0 atom stereocenters. The lowest BCUT2D eigenvalue weighted by atomic mass is 9.97. The maximum atomic E-state index is 12.3. The molecular formula is C20H24N4O2. The molecule has 2 aliphatic rings. The fraction of sp³-hybridized carbons (Fsp3) is 0.500. The summed E-state index contributed by atoms with van der Waals surface area (Å²) in [6.45, 7) is 2.02. The standard InChI is InChI=1S/C20H24N4O2/c25-19-8-7-18(17-6-3-9-21-11-17)22-24(19)14-16-12-23(13-16)20(26)10-15-4-1-2-5-15/h3,6-9,11,15-16H,1-2,4-5,10,12-14H2. The number of rotatable bonds is 5. The molecule has 1 amide bonds. The largest absolute Gasteiger partial charge is 0.342 e. The van der Waals surface area contributed by atoms with Crippen LogP contribution < -0.4 is 5.56 Å². The second kappa shape index (κ2) is 7.40. The summed E-state index contributed by atoms with van der Waals surface area (Å²) in [5, 5.41) is 4.48. The molecule has 1 aliphatic heterocycles. The lowest BCUT2D eigenvalue weighted by Gasteiger charge is -2.39. The molecule has 0 unspecified atom stereocenters. The van der Waals surface area contributed by atoms with E-state index in [1.165, 1.54) is 30.4 Å². The van der Waals surface area contributed by atoms with Crippen molar-refractivity contribution in [3.63, 3.8) is 0 Å². The zero-order valence-electron chi connectivity index (χ0n) is 14.9. The number of hydrogen-bond acceptors (Lipinski definition) is 4. The van der Waals surface area contributed by atoms with Crippen molar-refractivity contribution in [1.29, 1.82) is 0 Å². The normalized spacial score (nSPS) is 18.1. The van der Waals surface area contributed by atoms with E-state index in [2.05, 4.69) is 10.1 Å². The minimum atomic E-state index is -0.103. The molecule has 0 spiro atoms. The monoisotopic (exact) mass is 352 g/mol. The first-order valence-corrected chi connectivity index (χ1v) is 9.45. The Labute approximate surface area is 152 Å². The van der Waals surface area contributed by atoms with Crippen molar-refractivity contribution in [2.24, 2.45) is 11.8 Å². The number of amides is 1. The maximum absolute atomic E-state index is 12.3. The molecule has 0 bridgehead atoms. The van der Waals surface area contributed by atoms with E-state index >= 15 is 0 Å². The van der Waals surface area contributed by atoms with Crippen LogP contribution in [0.5, 0.6) is 0 Å². The van der Waals surface area contributed by atoms with Crippen LogP contribution in [-0.2, 0) is 11.3 Å². The Morgan fingerprint density at radius 1 is 1.12 bits per heavy atom. The molecule has 136 valence electrons. The first-order valence-electron chi connectivity index (χ1n) is 9.45. The van der Waals surface area contributed by atoms with Gasteiger partial charge in [0, 0.05) is 49.5 Å². The third-order valence-corrected chi connectivity index (χ3v) is 5.50. The van der Waals surface area contributed by atoms with Gasteiger partial charge in [0.2, 0.25) is 5.91 Å². The molecule has 6 nitrogen and oxygen atoms in total. The van der Waals surface area contributed by atoms with E-state index in [-0.39, 0.29) is 11.5 Å². The number of likely N-dealkylation sites (tertiary alicyclic amines) is 1. The van der Waals surface area contributed by atoms with Gasteiger partial charge in [-0.05, 0) is 37.0 Å².